The van der Waals surface area contributed by atoms with Gasteiger partial charge in [0.1, 0.15) is 0 Å². The Labute approximate surface area is 206 Å². The zero-order valence-corrected chi connectivity index (χ0v) is 22.6. The maximum Gasteiger partial charge on any atom is 0.306 e. The molecule has 0 heterocycles. The molecule has 0 aliphatic heterocycles. The third kappa shape index (κ3) is 21.2. The highest BCUT2D eigenvalue weighted by Crippen LogP contribution is 2.18. The van der Waals surface area contributed by atoms with Crippen LogP contribution in [0.4, 0.5) is 0 Å². The summed E-state index contributed by atoms with van der Waals surface area (Å²) < 4.78 is 0. The molecular formula is C29H57NO3. The van der Waals surface area contributed by atoms with Crippen molar-refractivity contribution in [2.75, 3.05) is 13.6 Å². The Kier molecular flexibility index (Phi) is 23.3. The molecule has 0 radical (unpaired) electrons. The zero-order chi connectivity index (χ0) is 24.6. The number of amides is 1. The topological polar surface area (TPSA) is 57.6 Å². The first-order valence-electron chi connectivity index (χ1n) is 14.5. The van der Waals surface area contributed by atoms with Gasteiger partial charge in [-0.25, -0.2) is 0 Å². The van der Waals surface area contributed by atoms with Crippen molar-refractivity contribution in [1.82, 2.24) is 4.90 Å². The van der Waals surface area contributed by atoms with E-state index in [2.05, 4.69) is 13.8 Å². The van der Waals surface area contributed by atoms with Crippen LogP contribution in [0.15, 0.2) is 0 Å². The molecule has 196 valence electrons. The van der Waals surface area contributed by atoms with E-state index in [1.165, 1.54) is 96.3 Å². The summed E-state index contributed by atoms with van der Waals surface area (Å²) in [6.45, 7) is 5.02. The lowest BCUT2D eigenvalue weighted by atomic mass is 9.96. The van der Waals surface area contributed by atoms with Gasteiger partial charge in [0.2, 0.25) is 5.91 Å². The van der Waals surface area contributed by atoms with Gasteiger partial charge in [0.05, 0.1) is 5.92 Å². The van der Waals surface area contributed by atoms with Crippen molar-refractivity contribution < 1.29 is 14.7 Å². The number of carbonyl (C=O) groups excluding carboxylic acids is 1. The zero-order valence-electron chi connectivity index (χ0n) is 22.6. The van der Waals surface area contributed by atoms with E-state index in [0.717, 1.165) is 32.1 Å². The first-order chi connectivity index (χ1) is 16.0. The van der Waals surface area contributed by atoms with Crippen molar-refractivity contribution in [2.45, 2.75) is 155 Å². The predicted molar refractivity (Wildman–Crippen MR) is 142 cm³/mol. The Bertz CT molecular complexity index is 452. The van der Waals surface area contributed by atoms with E-state index in [-0.39, 0.29) is 11.8 Å². The largest absolute Gasteiger partial charge is 0.481 e. The van der Waals surface area contributed by atoms with E-state index in [0.29, 0.717) is 19.4 Å². The molecule has 0 saturated heterocycles. The Morgan fingerprint density at radius 2 is 1.00 bits per heavy atom. The van der Waals surface area contributed by atoms with Crippen molar-refractivity contribution >= 4 is 11.9 Å². The number of rotatable bonds is 25. The smallest absolute Gasteiger partial charge is 0.306 e. The van der Waals surface area contributed by atoms with Crippen LogP contribution in [0.5, 0.6) is 0 Å². The molecule has 4 nitrogen and oxygen atoms in total. The van der Waals surface area contributed by atoms with Crippen LogP contribution < -0.4 is 0 Å². The second-order valence-electron chi connectivity index (χ2n) is 10.2. The maximum absolute atomic E-state index is 12.2. The minimum atomic E-state index is -0.704. The average Bonchev–Trinajstić information content (AvgIpc) is 2.80. The summed E-state index contributed by atoms with van der Waals surface area (Å²) in [6.07, 6.45) is 26.1. The summed E-state index contributed by atoms with van der Waals surface area (Å²) in [7, 11) is 1.82. The van der Waals surface area contributed by atoms with Gasteiger partial charge >= 0.3 is 5.97 Å². The molecule has 1 atom stereocenters. The minimum absolute atomic E-state index is 0.159. The number of carboxylic acids is 1. The second kappa shape index (κ2) is 24.1. The molecule has 0 saturated carbocycles. The van der Waals surface area contributed by atoms with Crippen molar-refractivity contribution in [3.05, 3.63) is 0 Å². The molecule has 0 aromatic heterocycles. The number of carbonyl (C=O) groups is 2. The molecule has 0 aromatic rings. The molecule has 0 aliphatic rings. The maximum atomic E-state index is 12.2. The number of hydrogen-bond donors (Lipinski definition) is 1. The van der Waals surface area contributed by atoms with Gasteiger partial charge in [-0.3, -0.25) is 9.59 Å². The summed E-state index contributed by atoms with van der Waals surface area (Å²) in [5.74, 6) is -0.862. The van der Waals surface area contributed by atoms with Crippen LogP contribution in [0.2, 0.25) is 0 Å². The molecule has 0 spiro atoms. The van der Waals surface area contributed by atoms with Crippen molar-refractivity contribution in [2.24, 2.45) is 5.92 Å². The molecule has 1 N–H and O–H groups in total. The molecule has 0 aliphatic carbocycles. The normalized spacial score (nSPS) is 12.1. The van der Waals surface area contributed by atoms with Crippen molar-refractivity contribution in [3.8, 4) is 0 Å². The van der Waals surface area contributed by atoms with Gasteiger partial charge in [0, 0.05) is 20.0 Å². The lowest BCUT2D eigenvalue weighted by Gasteiger charge is -2.20. The first-order valence-corrected chi connectivity index (χ1v) is 14.5. The summed E-state index contributed by atoms with van der Waals surface area (Å²) >= 11 is 0. The summed E-state index contributed by atoms with van der Waals surface area (Å²) in [4.78, 5) is 25.6. The molecule has 0 aromatic carbocycles. The lowest BCUT2D eigenvalue weighted by Crippen LogP contribution is -2.30. The average molecular weight is 468 g/mol. The van der Waals surface area contributed by atoms with Crippen LogP contribution in [0, 0.1) is 5.92 Å². The van der Waals surface area contributed by atoms with E-state index in [9.17, 15) is 14.7 Å². The molecule has 0 bridgehead atoms. The van der Waals surface area contributed by atoms with E-state index in [4.69, 9.17) is 0 Å². The van der Waals surface area contributed by atoms with Crippen LogP contribution in [0.1, 0.15) is 155 Å². The van der Waals surface area contributed by atoms with Gasteiger partial charge < -0.3 is 10.0 Å². The SMILES string of the molecule is CCCCCCCCCCCCCCCCC(CCN(C)C(=O)CCCCCCC)C(=O)O. The van der Waals surface area contributed by atoms with Gasteiger partial charge in [-0.2, -0.15) is 0 Å². The standard InChI is InChI=1S/C29H57NO3/c1-4-6-8-10-11-12-13-14-15-16-17-18-20-21-23-27(29(32)33)25-26-30(3)28(31)24-22-19-9-7-5-2/h27H,4-26H2,1-3H3,(H,32,33). The first kappa shape index (κ1) is 31.9. The number of nitrogens with zero attached hydrogens (tertiary/aromatic N) is 1. The van der Waals surface area contributed by atoms with E-state index >= 15 is 0 Å². The Morgan fingerprint density at radius 1 is 0.606 bits per heavy atom. The van der Waals surface area contributed by atoms with E-state index in [1.807, 2.05) is 7.05 Å². The van der Waals surface area contributed by atoms with Crippen molar-refractivity contribution in [3.63, 3.8) is 0 Å². The summed E-state index contributed by atoms with van der Waals surface area (Å²) in [6, 6.07) is 0. The highest BCUT2D eigenvalue weighted by Gasteiger charge is 2.19. The fourth-order valence-electron chi connectivity index (χ4n) is 4.52. The third-order valence-electron chi connectivity index (χ3n) is 6.99. The van der Waals surface area contributed by atoms with Gasteiger partial charge in [-0.15, -0.1) is 0 Å². The van der Waals surface area contributed by atoms with Gasteiger partial charge in [0.15, 0.2) is 0 Å². The van der Waals surface area contributed by atoms with Crippen LogP contribution >= 0.6 is 0 Å². The number of carboxylic acid groups (broad SMARTS) is 1. The summed E-state index contributed by atoms with van der Waals surface area (Å²) in [5, 5.41) is 9.55. The van der Waals surface area contributed by atoms with Gasteiger partial charge in [-0.05, 0) is 19.3 Å². The molecule has 0 rings (SSSR count). The van der Waals surface area contributed by atoms with Crippen LogP contribution in [-0.4, -0.2) is 35.5 Å². The van der Waals surface area contributed by atoms with Crippen molar-refractivity contribution in [1.29, 1.82) is 0 Å². The molecule has 4 heteroatoms. The fraction of sp³-hybridized carbons (Fsp3) is 0.931. The fourth-order valence-corrected chi connectivity index (χ4v) is 4.52. The summed E-state index contributed by atoms with van der Waals surface area (Å²) in [5.41, 5.74) is 0. The number of unbranched alkanes of at least 4 members (excludes halogenated alkanes) is 17. The Hall–Kier alpha value is -1.06. The third-order valence-corrected chi connectivity index (χ3v) is 6.99. The Morgan fingerprint density at radius 3 is 1.42 bits per heavy atom. The highest BCUT2D eigenvalue weighted by molar-refractivity contribution is 5.76. The van der Waals surface area contributed by atoms with Crippen LogP contribution in [-0.2, 0) is 9.59 Å². The number of hydrogen-bond acceptors (Lipinski definition) is 2. The molecule has 1 unspecified atom stereocenters. The second-order valence-corrected chi connectivity index (χ2v) is 10.2. The molecule has 0 fully saturated rings. The monoisotopic (exact) mass is 467 g/mol. The molecular weight excluding hydrogens is 410 g/mol. The van der Waals surface area contributed by atoms with E-state index < -0.39 is 5.97 Å². The van der Waals surface area contributed by atoms with Crippen LogP contribution in [0.3, 0.4) is 0 Å². The van der Waals surface area contributed by atoms with Gasteiger partial charge in [0.25, 0.3) is 0 Å². The predicted octanol–water partition coefficient (Wildman–Crippen LogP) is 8.77. The highest BCUT2D eigenvalue weighted by atomic mass is 16.4. The number of aliphatic carboxylic acids is 1. The molecule has 1 amide bonds. The molecule has 33 heavy (non-hydrogen) atoms. The Balaban J connectivity index is 3.68. The quantitative estimate of drug-likeness (QED) is 0.136. The van der Waals surface area contributed by atoms with Gasteiger partial charge in [-0.1, -0.05) is 129 Å². The van der Waals surface area contributed by atoms with E-state index in [1.54, 1.807) is 4.90 Å². The minimum Gasteiger partial charge on any atom is -0.481 e. The lowest BCUT2D eigenvalue weighted by molar-refractivity contribution is -0.143. The van der Waals surface area contributed by atoms with Crippen LogP contribution in [0.25, 0.3) is 0 Å².